The number of nitriles is 1. The first kappa shape index (κ1) is 19.2. The van der Waals surface area contributed by atoms with Gasteiger partial charge in [-0.15, -0.1) is 0 Å². The van der Waals surface area contributed by atoms with Gasteiger partial charge in [0, 0.05) is 37.0 Å². The Kier molecular flexibility index (Phi) is 6.22. The molecule has 0 spiro atoms. The van der Waals surface area contributed by atoms with E-state index in [0.717, 1.165) is 61.9 Å². The number of nitrogens with zero attached hydrogens (tertiary/aromatic N) is 4. The Morgan fingerprint density at radius 2 is 1.97 bits per heavy atom. The lowest BCUT2D eigenvalue weighted by Crippen LogP contribution is -2.36. The summed E-state index contributed by atoms with van der Waals surface area (Å²) in [5.41, 5.74) is 2.92. The zero-order valence-corrected chi connectivity index (χ0v) is 16.5. The van der Waals surface area contributed by atoms with Gasteiger partial charge in [-0.3, -0.25) is 0 Å². The highest BCUT2D eigenvalue weighted by atomic mass is 16.5. The number of rotatable bonds is 6. The quantitative estimate of drug-likeness (QED) is 0.722. The Bertz CT molecular complexity index is 894. The number of morpholine rings is 1. The van der Waals surface area contributed by atoms with E-state index in [0.29, 0.717) is 12.0 Å². The molecule has 0 amide bonds. The first-order valence-electron chi connectivity index (χ1n) is 10.2. The number of anilines is 4. The van der Waals surface area contributed by atoms with Crippen molar-refractivity contribution in [2.24, 2.45) is 0 Å². The number of hydrogen-bond acceptors (Lipinski definition) is 7. The molecule has 1 saturated carbocycles. The van der Waals surface area contributed by atoms with Gasteiger partial charge in [0.1, 0.15) is 5.82 Å². The van der Waals surface area contributed by atoms with Gasteiger partial charge in [-0.25, -0.2) is 4.98 Å². The van der Waals surface area contributed by atoms with Crippen LogP contribution in [0.2, 0.25) is 0 Å². The Labute approximate surface area is 171 Å². The van der Waals surface area contributed by atoms with Crippen LogP contribution in [0.25, 0.3) is 6.08 Å². The molecular formula is C22H26N6O. The fourth-order valence-electron chi connectivity index (χ4n) is 3.86. The lowest BCUT2D eigenvalue weighted by atomic mass is 10.2. The van der Waals surface area contributed by atoms with Crippen LogP contribution in [-0.4, -0.2) is 42.3 Å². The second-order valence-corrected chi connectivity index (χ2v) is 7.33. The van der Waals surface area contributed by atoms with E-state index in [4.69, 9.17) is 15.0 Å². The van der Waals surface area contributed by atoms with E-state index in [1.165, 1.54) is 18.9 Å². The highest BCUT2D eigenvalue weighted by Crippen LogP contribution is 2.30. The van der Waals surface area contributed by atoms with Crippen molar-refractivity contribution < 1.29 is 4.74 Å². The second-order valence-electron chi connectivity index (χ2n) is 7.33. The minimum Gasteiger partial charge on any atom is -0.378 e. The van der Waals surface area contributed by atoms with Gasteiger partial charge < -0.3 is 20.3 Å². The van der Waals surface area contributed by atoms with E-state index >= 15 is 0 Å². The Hall–Kier alpha value is -3.11. The number of ether oxygens (including phenoxy) is 1. The van der Waals surface area contributed by atoms with Crippen molar-refractivity contribution >= 4 is 29.2 Å². The predicted octanol–water partition coefficient (Wildman–Crippen LogP) is 3.95. The Morgan fingerprint density at radius 1 is 1.17 bits per heavy atom. The molecule has 29 heavy (non-hydrogen) atoms. The molecule has 0 unspecified atom stereocenters. The molecule has 2 aromatic rings. The third-order valence-corrected chi connectivity index (χ3v) is 5.35. The SMILES string of the molecule is N#CC=Cc1cnc(Nc2ccccc2N2CCOCC2)nc1NC1CCCC1. The molecule has 1 aliphatic heterocycles. The Morgan fingerprint density at radius 3 is 2.76 bits per heavy atom. The van der Waals surface area contributed by atoms with E-state index in [2.05, 4.69) is 26.6 Å². The van der Waals surface area contributed by atoms with Crippen LogP contribution in [0.3, 0.4) is 0 Å². The van der Waals surface area contributed by atoms with Crippen LogP contribution < -0.4 is 15.5 Å². The molecule has 7 nitrogen and oxygen atoms in total. The number of allylic oxidation sites excluding steroid dienone is 1. The largest absolute Gasteiger partial charge is 0.378 e. The first-order chi connectivity index (χ1) is 14.3. The summed E-state index contributed by atoms with van der Waals surface area (Å²) >= 11 is 0. The van der Waals surface area contributed by atoms with Gasteiger partial charge >= 0.3 is 0 Å². The third kappa shape index (κ3) is 4.84. The highest BCUT2D eigenvalue weighted by molar-refractivity contribution is 5.74. The molecule has 0 bridgehead atoms. The maximum Gasteiger partial charge on any atom is 0.229 e. The maximum absolute atomic E-state index is 8.88. The molecular weight excluding hydrogens is 364 g/mol. The summed E-state index contributed by atoms with van der Waals surface area (Å²) in [6.45, 7) is 3.21. The van der Waals surface area contributed by atoms with E-state index in [1.54, 1.807) is 12.3 Å². The molecule has 7 heteroatoms. The molecule has 150 valence electrons. The standard InChI is InChI=1S/C22H26N6O/c23-11-5-6-17-16-24-22(27-21(17)25-18-7-1-2-8-18)26-19-9-3-4-10-20(19)28-12-14-29-15-13-28/h3-6,9-10,16,18H,1-2,7-8,12-15H2,(H2,24,25,26,27). The molecule has 2 heterocycles. The third-order valence-electron chi connectivity index (χ3n) is 5.35. The van der Waals surface area contributed by atoms with Crippen LogP contribution in [0, 0.1) is 11.3 Å². The molecule has 2 aliphatic rings. The molecule has 1 aromatic carbocycles. The van der Waals surface area contributed by atoms with Crippen molar-refractivity contribution in [2.45, 2.75) is 31.7 Å². The molecule has 0 radical (unpaired) electrons. The van der Waals surface area contributed by atoms with Crippen molar-refractivity contribution in [3.8, 4) is 6.07 Å². The zero-order chi connectivity index (χ0) is 19.9. The van der Waals surface area contributed by atoms with Crippen molar-refractivity contribution in [3.05, 3.63) is 42.1 Å². The van der Waals surface area contributed by atoms with Crippen LogP contribution in [0.4, 0.5) is 23.1 Å². The van der Waals surface area contributed by atoms with Gasteiger partial charge in [-0.2, -0.15) is 10.2 Å². The number of para-hydroxylation sites is 2. The summed E-state index contributed by atoms with van der Waals surface area (Å²) in [7, 11) is 0. The van der Waals surface area contributed by atoms with Crippen molar-refractivity contribution in [3.63, 3.8) is 0 Å². The van der Waals surface area contributed by atoms with E-state index < -0.39 is 0 Å². The lowest BCUT2D eigenvalue weighted by molar-refractivity contribution is 0.123. The summed E-state index contributed by atoms with van der Waals surface area (Å²) in [4.78, 5) is 11.5. The monoisotopic (exact) mass is 390 g/mol. The van der Waals surface area contributed by atoms with Gasteiger partial charge in [0.15, 0.2) is 0 Å². The molecule has 1 aromatic heterocycles. The smallest absolute Gasteiger partial charge is 0.229 e. The first-order valence-corrected chi connectivity index (χ1v) is 10.2. The predicted molar refractivity (Wildman–Crippen MR) is 115 cm³/mol. The average Bonchev–Trinajstić information content (AvgIpc) is 3.27. The van der Waals surface area contributed by atoms with E-state index in [1.807, 2.05) is 24.3 Å². The second kappa shape index (κ2) is 9.39. The number of benzene rings is 1. The Balaban J connectivity index is 1.59. The van der Waals surface area contributed by atoms with Gasteiger partial charge in [0.05, 0.1) is 30.7 Å². The minimum atomic E-state index is 0.424. The average molecular weight is 390 g/mol. The normalized spacial score (nSPS) is 17.4. The van der Waals surface area contributed by atoms with E-state index in [9.17, 15) is 0 Å². The van der Waals surface area contributed by atoms with Crippen LogP contribution in [-0.2, 0) is 4.74 Å². The molecule has 1 saturated heterocycles. The molecule has 2 N–H and O–H groups in total. The minimum absolute atomic E-state index is 0.424. The van der Waals surface area contributed by atoms with E-state index in [-0.39, 0.29) is 0 Å². The summed E-state index contributed by atoms with van der Waals surface area (Å²) in [5.74, 6) is 1.31. The molecule has 0 atom stereocenters. The van der Waals surface area contributed by atoms with Crippen molar-refractivity contribution in [1.29, 1.82) is 5.26 Å². The lowest BCUT2D eigenvalue weighted by Gasteiger charge is -2.30. The van der Waals surface area contributed by atoms with Crippen LogP contribution >= 0.6 is 0 Å². The van der Waals surface area contributed by atoms with Gasteiger partial charge in [-0.05, 0) is 31.1 Å². The zero-order valence-electron chi connectivity index (χ0n) is 16.5. The van der Waals surface area contributed by atoms with Crippen LogP contribution in [0.1, 0.15) is 31.2 Å². The fraction of sp³-hybridized carbons (Fsp3) is 0.409. The summed E-state index contributed by atoms with van der Waals surface area (Å²) in [6, 6.07) is 10.7. The number of nitrogens with one attached hydrogen (secondary N) is 2. The van der Waals surface area contributed by atoms with Gasteiger partial charge in [-0.1, -0.05) is 25.0 Å². The molecule has 2 fully saturated rings. The van der Waals surface area contributed by atoms with Gasteiger partial charge in [0.2, 0.25) is 5.95 Å². The summed E-state index contributed by atoms with van der Waals surface area (Å²) in [5, 5.41) is 15.8. The molecule has 1 aliphatic carbocycles. The highest BCUT2D eigenvalue weighted by Gasteiger charge is 2.18. The molecule has 4 rings (SSSR count). The summed E-state index contributed by atoms with van der Waals surface area (Å²) in [6.07, 6.45) is 9.75. The number of aromatic nitrogens is 2. The maximum atomic E-state index is 8.88. The van der Waals surface area contributed by atoms with Crippen molar-refractivity contribution in [2.75, 3.05) is 41.8 Å². The van der Waals surface area contributed by atoms with Crippen LogP contribution in [0.15, 0.2) is 36.5 Å². The van der Waals surface area contributed by atoms with Crippen LogP contribution in [0.5, 0.6) is 0 Å². The fourth-order valence-corrected chi connectivity index (χ4v) is 3.86. The number of hydrogen-bond donors (Lipinski definition) is 2. The topological polar surface area (TPSA) is 86.1 Å². The van der Waals surface area contributed by atoms with Crippen molar-refractivity contribution in [1.82, 2.24) is 9.97 Å². The van der Waals surface area contributed by atoms with Gasteiger partial charge in [0.25, 0.3) is 0 Å². The summed E-state index contributed by atoms with van der Waals surface area (Å²) < 4.78 is 5.48.